The van der Waals surface area contributed by atoms with E-state index >= 15 is 0 Å². The van der Waals surface area contributed by atoms with Gasteiger partial charge in [-0.15, -0.1) is 0 Å². The van der Waals surface area contributed by atoms with Crippen molar-refractivity contribution in [3.05, 3.63) is 71.4 Å². The molecule has 2 aliphatic rings. The third kappa shape index (κ3) is 7.16. The molecule has 2 heterocycles. The fourth-order valence-corrected chi connectivity index (χ4v) is 6.15. The summed E-state index contributed by atoms with van der Waals surface area (Å²) in [6.07, 6.45) is 4.90. The number of carbonyl (C=O) groups excluding carboxylic acids is 2. The Labute approximate surface area is 249 Å². The molecule has 2 atom stereocenters. The molecule has 2 amide bonds. The van der Waals surface area contributed by atoms with Crippen molar-refractivity contribution in [2.24, 2.45) is 11.8 Å². The Morgan fingerprint density at radius 2 is 1.79 bits per heavy atom. The predicted molar refractivity (Wildman–Crippen MR) is 166 cm³/mol. The van der Waals surface area contributed by atoms with Crippen LogP contribution in [0.3, 0.4) is 0 Å². The van der Waals surface area contributed by atoms with Crippen molar-refractivity contribution in [1.29, 1.82) is 0 Å². The molecule has 1 aliphatic carbocycles. The predicted octanol–water partition coefficient (Wildman–Crippen LogP) is 5.47. The zero-order valence-corrected chi connectivity index (χ0v) is 25.6. The molecule has 2 fully saturated rings. The number of fused-ring (bicyclic) bond motifs is 1. The number of hydrogen-bond donors (Lipinski definition) is 1. The van der Waals surface area contributed by atoms with Crippen LogP contribution in [-0.4, -0.2) is 78.3 Å². The van der Waals surface area contributed by atoms with E-state index in [1.807, 2.05) is 46.2 Å². The highest BCUT2D eigenvalue weighted by atomic mass is 16.6. The van der Waals surface area contributed by atoms with Gasteiger partial charge in [-0.05, 0) is 75.1 Å². The normalized spacial score (nSPS) is 18.5. The van der Waals surface area contributed by atoms with Gasteiger partial charge in [0.25, 0.3) is 5.91 Å². The zero-order chi connectivity index (χ0) is 29.6. The maximum Gasteiger partial charge on any atom is 0.410 e. The Balaban J connectivity index is 1.26. The van der Waals surface area contributed by atoms with Crippen LogP contribution < -0.4 is 5.32 Å². The minimum Gasteiger partial charge on any atom is -0.445 e. The summed E-state index contributed by atoms with van der Waals surface area (Å²) < 4.78 is 13.2. The van der Waals surface area contributed by atoms with Crippen LogP contribution in [0, 0.1) is 18.8 Å². The van der Waals surface area contributed by atoms with Crippen LogP contribution >= 0.6 is 0 Å². The average molecular weight is 575 g/mol. The number of amides is 2. The zero-order valence-electron chi connectivity index (χ0n) is 25.6. The molecule has 8 heteroatoms. The molecule has 42 heavy (non-hydrogen) atoms. The van der Waals surface area contributed by atoms with Crippen LogP contribution in [0.25, 0.3) is 10.9 Å². The number of nitrogens with zero attached hydrogens (tertiary/aromatic N) is 3. The largest absolute Gasteiger partial charge is 0.445 e. The number of nitrogens with one attached hydrogen (secondary N) is 1. The van der Waals surface area contributed by atoms with Gasteiger partial charge in [0.05, 0.1) is 0 Å². The number of carbonyl (C=O) groups is 2. The monoisotopic (exact) mass is 574 g/mol. The van der Waals surface area contributed by atoms with Crippen LogP contribution in [0.2, 0.25) is 0 Å². The Kier molecular flexibility index (Phi) is 9.85. The van der Waals surface area contributed by atoms with Crippen LogP contribution in [0.15, 0.2) is 54.7 Å². The maximum atomic E-state index is 14.0. The molecule has 1 N–H and O–H groups in total. The van der Waals surface area contributed by atoms with Crippen molar-refractivity contribution in [2.75, 3.05) is 39.9 Å². The molecule has 8 nitrogen and oxygen atoms in total. The molecular formula is C34H46N4O4. The van der Waals surface area contributed by atoms with Gasteiger partial charge < -0.3 is 29.2 Å². The number of aromatic nitrogens is 1. The Morgan fingerprint density at radius 1 is 1.05 bits per heavy atom. The van der Waals surface area contributed by atoms with Crippen molar-refractivity contribution < 1.29 is 19.1 Å². The van der Waals surface area contributed by atoms with Crippen LogP contribution in [0.4, 0.5) is 4.79 Å². The molecule has 2 aromatic carbocycles. The highest BCUT2D eigenvalue weighted by molar-refractivity contribution is 5.98. The first-order chi connectivity index (χ1) is 20.4. The van der Waals surface area contributed by atoms with Gasteiger partial charge in [-0.2, -0.15) is 0 Å². The van der Waals surface area contributed by atoms with E-state index in [4.69, 9.17) is 9.47 Å². The second kappa shape index (κ2) is 13.7. The van der Waals surface area contributed by atoms with Crippen LogP contribution in [0.5, 0.6) is 0 Å². The first kappa shape index (κ1) is 30.1. The number of ether oxygens (including phenoxy) is 2. The van der Waals surface area contributed by atoms with E-state index in [2.05, 4.69) is 49.0 Å². The second-order valence-electron chi connectivity index (χ2n) is 12.2. The van der Waals surface area contributed by atoms with E-state index in [9.17, 15) is 9.59 Å². The molecule has 1 aromatic heterocycles. The van der Waals surface area contributed by atoms with Gasteiger partial charge in [-0.25, -0.2) is 4.79 Å². The molecule has 0 bridgehead atoms. The number of methoxy groups -OCH3 is 1. The molecule has 3 aromatic rings. The van der Waals surface area contributed by atoms with E-state index in [-0.39, 0.29) is 42.5 Å². The van der Waals surface area contributed by atoms with Crippen molar-refractivity contribution in [3.63, 3.8) is 0 Å². The standard InChI is InChI=1S/C34H46N4O4/c1-24(2)37(33(39)27-11-14-31-25(3)20-36(32(31)17-27)15-8-16-41-4)21-28-18-35-19-29(28)22-38(30-12-13-30)34(40)42-23-26-9-6-5-7-10-26/h5-7,9-11,14,17,20,24,28-30,35H,8,12-13,15-16,18-19,21-23H2,1-4H3/t28-,29?/m0/s1. The molecule has 5 rings (SSSR count). The summed E-state index contributed by atoms with van der Waals surface area (Å²) in [5, 5.41) is 4.72. The first-order valence-corrected chi connectivity index (χ1v) is 15.4. The van der Waals surface area contributed by atoms with E-state index in [0.717, 1.165) is 50.0 Å². The van der Waals surface area contributed by atoms with Gasteiger partial charge in [0.2, 0.25) is 0 Å². The van der Waals surface area contributed by atoms with Gasteiger partial charge >= 0.3 is 6.09 Å². The highest BCUT2D eigenvalue weighted by Gasteiger charge is 2.39. The smallest absolute Gasteiger partial charge is 0.410 e. The minimum absolute atomic E-state index is 0.0556. The van der Waals surface area contributed by atoms with Crippen molar-refractivity contribution in [2.45, 2.75) is 65.3 Å². The molecule has 0 spiro atoms. The van der Waals surface area contributed by atoms with E-state index < -0.39 is 0 Å². The quantitative estimate of drug-likeness (QED) is 0.274. The number of hydrogen-bond acceptors (Lipinski definition) is 5. The summed E-state index contributed by atoms with van der Waals surface area (Å²) in [6.45, 7) is 11.1. The van der Waals surface area contributed by atoms with Gasteiger partial charge in [-0.1, -0.05) is 36.4 Å². The second-order valence-corrected chi connectivity index (χ2v) is 12.2. The number of benzene rings is 2. The van der Waals surface area contributed by atoms with Gasteiger partial charge in [0.15, 0.2) is 0 Å². The lowest BCUT2D eigenvalue weighted by atomic mass is 9.94. The summed E-state index contributed by atoms with van der Waals surface area (Å²) in [4.78, 5) is 31.0. The number of rotatable bonds is 13. The Hall–Kier alpha value is -3.36. The molecule has 1 saturated heterocycles. The molecule has 226 valence electrons. The summed E-state index contributed by atoms with van der Waals surface area (Å²) in [5.41, 5.74) is 4.01. The van der Waals surface area contributed by atoms with Crippen molar-refractivity contribution in [1.82, 2.24) is 19.7 Å². The molecule has 1 saturated carbocycles. The maximum absolute atomic E-state index is 14.0. The van der Waals surface area contributed by atoms with Crippen LogP contribution in [0.1, 0.15) is 54.6 Å². The lowest BCUT2D eigenvalue weighted by molar-refractivity contribution is 0.0628. The van der Waals surface area contributed by atoms with E-state index in [1.54, 1.807) is 7.11 Å². The van der Waals surface area contributed by atoms with Crippen LogP contribution in [-0.2, 0) is 22.6 Å². The van der Waals surface area contributed by atoms with Gasteiger partial charge in [-0.3, -0.25) is 4.79 Å². The fraction of sp³-hybridized carbons (Fsp3) is 0.529. The summed E-state index contributed by atoms with van der Waals surface area (Å²) >= 11 is 0. The third-order valence-electron chi connectivity index (χ3n) is 8.73. The topological polar surface area (TPSA) is 76.0 Å². The lowest BCUT2D eigenvalue weighted by Crippen LogP contribution is -2.45. The minimum atomic E-state index is -0.235. The lowest BCUT2D eigenvalue weighted by Gasteiger charge is -2.33. The van der Waals surface area contributed by atoms with Gasteiger partial charge in [0, 0.05) is 81.2 Å². The Morgan fingerprint density at radius 3 is 2.48 bits per heavy atom. The third-order valence-corrected chi connectivity index (χ3v) is 8.73. The SMILES string of the molecule is COCCCn1cc(C)c2ccc(C(=O)N(C[C@@H]3CNCC3CN(C(=O)OCc3ccccc3)C3CC3)C(C)C)cc21. The summed E-state index contributed by atoms with van der Waals surface area (Å²) in [6, 6.07) is 16.2. The van der Waals surface area contributed by atoms with Crippen molar-refractivity contribution >= 4 is 22.9 Å². The molecular weight excluding hydrogens is 528 g/mol. The number of aryl methyl sites for hydroxylation is 2. The highest BCUT2D eigenvalue weighted by Crippen LogP contribution is 2.31. The summed E-state index contributed by atoms with van der Waals surface area (Å²) in [5.74, 6) is 0.566. The van der Waals surface area contributed by atoms with Crippen molar-refractivity contribution in [3.8, 4) is 0 Å². The summed E-state index contributed by atoms with van der Waals surface area (Å²) in [7, 11) is 1.72. The fourth-order valence-electron chi connectivity index (χ4n) is 6.15. The average Bonchev–Trinajstić information content (AvgIpc) is 3.66. The first-order valence-electron chi connectivity index (χ1n) is 15.4. The van der Waals surface area contributed by atoms with Gasteiger partial charge in [0.1, 0.15) is 6.61 Å². The van der Waals surface area contributed by atoms with E-state index in [1.165, 1.54) is 10.9 Å². The molecule has 1 aliphatic heterocycles. The Bertz CT molecular complexity index is 1350. The molecule has 0 radical (unpaired) electrons. The molecule has 1 unspecified atom stereocenters. The van der Waals surface area contributed by atoms with E-state index in [0.29, 0.717) is 25.3 Å².